The van der Waals surface area contributed by atoms with Crippen molar-refractivity contribution in [1.29, 1.82) is 0 Å². The highest BCUT2D eigenvalue weighted by molar-refractivity contribution is 5.79. The molecule has 3 unspecified atom stereocenters. The number of nitrogens with two attached hydrogens (primary N) is 1. The van der Waals surface area contributed by atoms with Gasteiger partial charge >= 0.3 is 0 Å². The monoisotopic (exact) mass is 328 g/mol. The highest BCUT2D eigenvalue weighted by atomic mass is 16.5. The summed E-state index contributed by atoms with van der Waals surface area (Å²) in [6, 6.07) is 8.49. The number of rotatable bonds is 2. The Hall–Kier alpha value is -1.55. The number of amides is 1. The van der Waals surface area contributed by atoms with Gasteiger partial charge in [0, 0.05) is 17.5 Å². The normalized spacial score (nSPS) is 35.3. The zero-order valence-electron chi connectivity index (χ0n) is 14.2. The molecule has 2 saturated carbocycles. The number of ether oxygens (including phenoxy) is 1. The van der Waals surface area contributed by atoms with Gasteiger partial charge in [0.1, 0.15) is 5.75 Å². The summed E-state index contributed by atoms with van der Waals surface area (Å²) in [4.78, 5) is 12.9. The van der Waals surface area contributed by atoms with Crippen LogP contribution in [0.3, 0.4) is 0 Å². The van der Waals surface area contributed by atoms with Crippen molar-refractivity contribution in [3.8, 4) is 5.75 Å². The maximum Gasteiger partial charge on any atom is 0.223 e. The molecule has 1 aromatic rings. The number of para-hydroxylation sites is 1. The Morgan fingerprint density at radius 2 is 1.83 bits per heavy atom. The van der Waals surface area contributed by atoms with Crippen molar-refractivity contribution in [2.24, 2.45) is 23.5 Å². The molecule has 3 aliphatic rings. The lowest BCUT2D eigenvalue weighted by Crippen LogP contribution is -2.49. The molecule has 2 fully saturated rings. The molecule has 3 atom stereocenters. The lowest BCUT2D eigenvalue weighted by atomic mass is 9.65. The predicted molar refractivity (Wildman–Crippen MR) is 93.6 cm³/mol. The fourth-order valence-corrected chi connectivity index (χ4v) is 4.97. The maximum atomic E-state index is 12.9. The fraction of sp³-hybridized carbons (Fsp3) is 0.650. The summed E-state index contributed by atoms with van der Waals surface area (Å²) in [5.74, 6) is 2.36. The Bertz CT molecular complexity index is 589. The third kappa shape index (κ3) is 3.04. The van der Waals surface area contributed by atoms with Crippen molar-refractivity contribution in [2.75, 3.05) is 6.61 Å². The minimum Gasteiger partial charge on any atom is -0.493 e. The van der Waals surface area contributed by atoms with Crippen LogP contribution >= 0.6 is 0 Å². The van der Waals surface area contributed by atoms with Gasteiger partial charge < -0.3 is 15.8 Å². The minimum atomic E-state index is 0.0756. The first kappa shape index (κ1) is 15.9. The van der Waals surface area contributed by atoms with Crippen LogP contribution in [0.1, 0.15) is 56.6 Å². The third-order valence-electron chi connectivity index (χ3n) is 6.29. The number of hydrogen-bond acceptors (Lipinski definition) is 3. The van der Waals surface area contributed by atoms with Crippen LogP contribution in [0.5, 0.6) is 5.75 Å². The summed E-state index contributed by atoms with van der Waals surface area (Å²) in [7, 11) is 0. The van der Waals surface area contributed by atoms with Crippen LogP contribution in [-0.4, -0.2) is 18.6 Å². The Morgan fingerprint density at radius 1 is 1.08 bits per heavy atom. The molecule has 1 heterocycles. The highest BCUT2D eigenvalue weighted by Gasteiger charge is 2.41. The van der Waals surface area contributed by atoms with Gasteiger partial charge in [0.05, 0.1) is 12.6 Å². The van der Waals surface area contributed by atoms with E-state index in [4.69, 9.17) is 10.5 Å². The van der Waals surface area contributed by atoms with E-state index in [2.05, 4.69) is 11.4 Å². The quantitative estimate of drug-likeness (QED) is 0.876. The molecule has 1 amide bonds. The molecular formula is C20H28N2O2. The van der Waals surface area contributed by atoms with Gasteiger partial charge in [0.2, 0.25) is 5.91 Å². The zero-order chi connectivity index (χ0) is 16.5. The SMILES string of the molecule is NC1C2CCCC1CC(C(=O)NC1CCCOc3ccccc31)C2. The summed E-state index contributed by atoms with van der Waals surface area (Å²) in [6.45, 7) is 0.728. The molecule has 4 nitrogen and oxygen atoms in total. The van der Waals surface area contributed by atoms with E-state index in [0.717, 1.165) is 43.6 Å². The van der Waals surface area contributed by atoms with Gasteiger partial charge in [-0.2, -0.15) is 0 Å². The summed E-state index contributed by atoms with van der Waals surface area (Å²) in [6.07, 6.45) is 7.53. The molecule has 0 saturated heterocycles. The molecule has 1 aromatic carbocycles. The zero-order valence-corrected chi connectivity index (χ0v) is 14.2. The molecule has 3 N–H and O–H groups in total. The van der Waals surface area contributed by atoms with E-state index in [0.29, 0.717) is 17.9 Å². The van der Waals surface area contributed by atoms with E-state index in [1.807, 2.05) is 18.2 Å². The number of fused-ring (bicyclic) bond motifs is 3. The Morgan fingerprint density at radius 3 is 2.62 bits per heavy atom. The molecular weight excluding hydrogens is 300 g/mol. The van der Waals surface area contributed by atoms with Crippen LogP contribution in [0, 0.1) is 17.8 Å². The Labute approximate surface area is 144 Å². The van der Waals surface area contributed by atoms with Crippen molar-refractivity contribution in [3.63, 3.8) is 0 Å². The molecule has 4 heteroatoms. The van der Waals surface area contributed by atoms with Crippen molar-refractivity contribution in [1.82, 2.24) is 5.32 Å². The van der Waals surface area contributed by atoms with E-state index in [9.17, 15) is 4.79 Å². The topological polar surface area (TPSA) is 64.4 Å². The van der Waals surface area contributed by atoms with Crippen LogP contribution in [0.4, 0.5) is 0 Å². The van der Waals surface area contributed by atoms with E-state index >= 15 is 0 Å². The second kappa shape index (κ2) is 6.75. The van der Waals surface area contributed by atoms with Crippen molar-refractivity contribution in [3.05, 3.63) is 29.8 Å². The summed E-state index contributed by atoms with van der Waals surface area (Å²) < 4.78 is 5.81. The summed E-state index contributed by atoms with van der Waals surface area (Å²) in [5, 5.41) is 3.33. The molecule has 2 aliphatic carbocycles. The number of nitrogens with one attached hydrogen (secondary N) is 1. The predicted octanol–water partition coefficient (Wildman–Crippen LogP) is 3.17. The van der Waals surface area contributed by atoms with E-state index in [1.54, 1.807) is 0 Å². The van der Waals surface area contributed by atoms with Gasteiger partial charge in [-0.15, -0.1) is 0 Å². The van der Waals surface area contributed by atoms with Crippen LogP contribution < -0.4 is 15.8 Å². The second-order valence-corrected chi connectivity index (χ2v) is 7.79. The summed E-state index contributed by atoms with van der Waals surface area (Å²) in [5.41, 5.74) is 7.49. The summed E-state index contributed by atoms with van der Waals surface area (Å²) >= 11 is 0. The second-order valence-electron chi connectivity index (χ2n) is 7.79. The highest BCUT2D eigenvalue weighted by Crippen LogP contribution is 2.42. The van der Waals surface area contributed by atoms with E-state index in [1.165, 1.54) is 19.3 Å². The van der Waals surface area contributed by atoms with Gasteiger partial charge in [0.15, 0.2) is 0 Å². The van der Waals surface area contributed by atoms with Gasteiger partial charge in [-0.3, -0.25) is 4.79 Å². The van der Waals surface area contributed by atoms with Gasteiger partial charge in [-0.25, -0.2) is 0 Å². The Kier molecular flexibility index (Phi) is 4.49. The minimum absolute atomic E-state index is 0.0756. The van der Waals surface area contributed by atoms with Crippen LogP contribution in [0.25, 0.3) is 0 Å². The van der Waals surface area contributed by atoms with Crippen molar-refractivity contribution in [2.45, 2.75) is 57.0 Å². The average Bonchev–Trinajstić information content (AvgIpc) is 2.77. The maximum absolute atomic E-state index is 12.9. The number of carbonyl (C=O) groups excluding carboxylic acids is 1. The molecule has 1 aliphatic heterocycles. The Balaban J connectivity index is 1.46. The number of carbonyl (C=O) groups is 1. The van der Waals surface area contributed by atoms with Gasteiger partial charge in [0.25, 0.3) is 0 Å². The average molecular weight is 328 g/mol. The molecule has 2 bridgehead atoms. The molecule has 0 spiro atoms. The van der Waals surface area contributed by atoms with Crippen molar-refractivity contribution < 1.29 is 9.53 Å². The fourth-order valence-electron chi connectivity index (χ4n) is 4.97. The largest absolute Gasteiger partial charge is 0.493 e. The van der Waals surface area contributed by atoms with Crippen molar-refractivity contribution >= 4 is 5.91 Å². The van der Waals surface area contributed by atoms with Gasteiger partial charge in [-0.05, 0) is 56.4 Å². The van der Waals surface area contributed by atoms with Gasteiger partial charge in [-0.1, -0.05) is 24.6 Å². The first-order chi connectivity index (χ1) is 11.7. The van der Waals surface area contributed by atoms with Crippen LogP contribution in [0.15, 0.2) is 24.3 Å². The lowest BCUT2D eigenvalue weighted by Gasteiger charge is -2.43. The van der Waals surface area contributed by atoms with E-state index < -0.39 is 0 Å². The van der Waals surface area contributed by atoms with Crippen LogP contribution in [0.2, 0.25) is 0 Å². The molecule has 4 rings (SSSR count). The molecule has 130 valence electrons. The molecule has 0 aromatic heterocycles. The van der Waals surface area contributed by atoms with E-state index in [-0.39, 0.29) is 17.9 Å². The first-order valence-corrected chi connectivity index (χ1v) is 9.50. The molecule has 24 heavy (non-hydrogen) atoms. The smallest absolute Gasteiger partial charge is 0.223 e. The number of hydrogen-bond donors (Lipinski definition) is 2. The number of benzene rings is 1. The third-order valence-corrected chi connectivity index (χ3v) is 6.29. The first-order valence-electron chi connectivity index (χ1n) is 9.50. The lowest BCUT2D eigenvalue weighted by molar-refractivity contribution is -0.128. The molecule has 0 radical (unpaired) electrons. The standard InChI is InChI=1S/C20H28N2O2/c21-19-13-5-3-6-14(19)12-15(11-13)20(23)22-17-8-4-10-24-18-9-2-1-7-16(17)18/h1-2,7,9,13-15,17,19H,3-6,8,10-12,21H2,(H,22,23). The van der Waals surface area contributed by atoms with Crippen LogP contribution in [-0.2, 0) is 4.79 Å².